The summed E-state index contributed by atoms with van der Waals surface area (Å²) in [7, 11) is 1.55. The van der Waals surface area contributed by atoms with E-state index in [4.69, 9.17) is 14.7 Å². The van der Waals surface area contributed by atoms with E-state index in [2.05, 4.69) is 15.9 Å². The molecule has 0 aliphatic carbocycles. The monoisotopic (exact) mass is 349 g/mol. The zero-order chi connectivity index (χ0) is 15.2. The molecule has 3 nitrogen and oxygen atoms in total. The molecule has 0 saturated heterocycles. The molecule has 108 valence electrons. The number of rotatable bonds is 5. The summed E-state index contributed by atoms with van der Waals surface area (Å²) in [6.45, 7) is 0.0312. The third-order valence-corrected chi connectivity index (χ3v) is 3.61. The van der Waals surface area contributed by atoms with Gasteiger partial charge in [-0.1, -0.05) is 34.1 Å². The third-order valence-electron chi connectivity index (χ3n) is 2.96. The van der Waals surface area contributed by atoms with E-state index in [-0.39, 0.29) is 12.2 Å². The molecule has 5 heteroatoms. The molecule has 0 fully saturated rings. The molecule has 0 saturated carbocycles. The van der Waals surface area contributed by atoms with Crippen LogP contribution in [-0.2, 0) is 11.9 Å². The smallest absolute Gasteiger partial charge is 0.161 e. The molecule has 0 heterocycles. The first-order chi connectivity index (χ1) is 10.2. The lowest BCUT2D eigenvalue weighted by molar-refractivity contribution is 0.279. The number of hydrogen-bond acceptors (Lipinski definition) is 3. The number of methoxy groups -OCH3 is 1. The van der Waals surface area contributed by atoms with Gasteiger partial charge in [0.15, 0.2) is 11.5 Å². The predicted molar refractivity (Wildman–Crippen MR) is 81.1 cm³/mol. The maximum Gasteiger partial charge on any atom is 0.161 e. The van der Waals surface area contributed by atoms with Gasteiger partial charge in [-0.15, -0.1) is 0 Å². The SMILES string of the molecule is COc1ccc(CBr)cc1OCc1cccc(C#N)c1F. The van der Waals surface area contributed by atoms with Crippen LogP contribution in [0, 0.1) is 17.1 Å². The molecule has 0 radical (unpaired) electrons. The number of benzene rings is 2. The number of nitrogens with zero attached hydrogens (tertiary/aromatic N) is 1. The minimum absolute atomic E-state index is 0.0114. The first kappa shape index (κ1) is 15.3. The molecular formula is C16H13BrFNO2. The second-order valence-corrected chi connectivity index (χ2v) is 4.86. The molecule has 2 aromatic rings. The molecular weight excluding hydrogens is 337 g/mol. The molecule has 0 unspecified atom stereocenters. The van der Waals surface area contributed by atoms with Crippen LogP contribution in [-0.4, -0.2) is 7.11 Å². The third kappa shape index (κ3) is 3.53. The molecule has 0 amide bonds. The molecule has 0 N–H and O–H groups in total. The van der Waals surface area contributed by atoms with Crippen molar-refractivity contribution in [1.82, 2.24) is 0 Å². The van der Waals surface area contributed by atoms with Crippen LogP contribution in [0.3, 0.4) is 0 Å². The van der Waals surface area contributed by atoms with Crippen molar-refractivity contribution in [3.05, 3.63) is 58.9 Å². The first-order valence-electron chi connectivity index (χ1n) is 6.22. The van der Waals surface area contributed by atoms with Crippen LogP contribution in [0.1, 0.15) is 16.7 Å². The van der Waals surface area contributed by atoms with Gasteiger partial charge in [0.1, 0.15) is 18.5 Å². The van der Waals surface area contributed by atoms with Gasteiger partial charge in [-0.2, -0.15) is 5.26 Å². The van der Waals surface area contributed by atoms with Gasteiger partial charge in [0.2, 0.25) is 0 Å². The van der Waals surface area contributed by atoms with E-state index in [1.165, 1.54) is 6.07 Å². The summed E-state index contributed by atoms with van der Waals surface area (Å²) in [5, 5.41) is 9.51. The van der Waals surface area contributed by atoms with Crippen molar-refractivity contribution in [2.75, 3.05) is 7.11 Å². The second kappa shape index (κ2) is 7.09. The highest BCUT2D eigenvalue weighted by Crippen LogP contribution is 2.30. The Hall–Kier alpha value is -2.06. The molecule has 0 aliphatic heterocycles. The lowest BCUT2D eigenvalue weighted by Crippen LogP contribution is -2.02. The Morgan fingerprint density at radius 1 is 1.24 bits per heavy atom. The van der Waals surface area contributed by atoms with Crippen LogP contribution >= 0.6 is 15.9 Å². The minimum Gasteiger partial charge on any atom is -0.493 e. The summed E-state index contributed by atoms with van der Waals surface area (Å²) in [5.41, 5.74) is 1.37. The highest BCUT2D eigenvalue weighted by atomic mass is 79.9. The highest BCUT2D eigenvalue weighted by Gasteiger charge is 2.10. The number of hydrogen-bond donors (Lipinski definition) is 0. The maximum atomic E-state index is 14.0. The summed E-state index contributed by atoms with van der Waals surface area (Å²) in [6.07, 6.45) is 0. The maximum absolute atomic E-state index is 14.0. The quantitative estimate of drug-likeness (QED) is 0.760. The number of halogens is 2. The van der Waals surface area contributed by atoms with E-state index in [9.17, 15) is 4.39 Å². The van der Waals surface area contributed by atoms with Gasteiger partial charge in [0, 0.05) is 10.9 Å². The average Bonchev–Trinajstić information content (AvgIpc) is 2.53. The molecule has 0 aromatic heterocycles. The van der Waals surface area contributed by atoms with E-state index in [1.807, 2.05) is 18.2 Å². The van der Waals surface area contributed by atoms with E-state index >= 15 is 0 Å². The fraction of sp³-hybridized carbons (Fsp3) is 0.188. The van der Waals surface area contributed by atoms with Gasteiger partial charge >= 0.3 is 0 Å². The Labute approximate surface area is 131 Å². The Balaban J connectivity index is 2.22. The summed E-state index contributed by atoms with van der Waals surface area (Å²) in [6, 6.07) is 12.0. The van der Waals surface area contributed by atoms with Crippen LogP contribution in [0.4, 0.5) is 4.39 Å². The normalized spacial score (nSPS) is 10.0. The molecule has 2 rings (SSSR count). The minimum atomic E-state index is -0.546. The number of alkyl halides is 1. The molecule has 0 bridgehead atoms. The van der Waals surface area contributed by atoms with Crippen LogP contribution < -0.4 is 9.47 Å². The lowest BCUT2D eigenvalue weighted by atomic mass is 10.1. The van der Waals surface area contributed by atoms with E-state index < -0.39 is 5.82 Å². The Bertz CT molecular complexity index is 682. The summed E-state index contributed by atoms with van der Waals surface area (Å²) < 4.78 is 24.8. The topological polar surface area (TPSA) is 42.2 Å². The number of nitriles is 1. The van der Waals surface area contributed by atoms with Gasteiger partial charge in [-0.05, 0) is 23.8 Å². The Morgan fingerprint density at radius 3 is 2.71 bits per heavy atom. The predicted octanol–water partition coefficient (Wildman–Crippen LogP) is 4.18. The van der Waals surface area contributed by atoms with Crippen molar-refractivity contribution in [3.63, 3.8) is 0 Å². The molecule has 21 heavy (non-hydrogen) atoms. The zero-order valence-corrected chi connectivity index (χ0v) is 13.0. The Kier molecular flexibility index (Phi) is 5.18. The van der Waals surface area contributed by atoms with Gasteiger partial charge in [0.05, 0.1) is 12.7 Å². The number of ether oxygens (including phenoxy) is 2. The van der Waals surface area contributed by atoms with Crippen molar-refractivity contribution in [1.29, 1.82) is 5.26 Å². The van der Waals surface area contributed by atoms with Crippen molar-refractivity contribution in [2.24, 2.45) is 0 Å². The fourth-order valence-corrected chi connectivity index (χ4v) is 2.20. The van der Waals surface area contributed by atoms with Crippen molar-refractivity contribution < 1.29 is 13.9 Å². The fourth-order valence-electron chi connectivity index (χ4n) is 1.85. The summed E-state index contributed by atoms with van der Waals surface area (Å²) >= 11 is 3.37. The average molecular weight is 350 g/mol. The standard InChI is InChI=1S/C16H13BrFNO2/c1-20-14-6-5-11(8-17)7-15(14)21-10-13-4-2-3-12(9-19)16(13)18/h2-7H,8,10H2,1H3. The first-order valence-corrected chi connectivity index (χ1v) is 7.35. The van der Waals surface area contributed by atoms with Gasteiger partial charge < -0.3 is 9.47 Å². The summed E-state index contributed by atoms with van der Waals surface area (Å²) in [4.78, 5) is 0. The zero-order valence-electron chi connectivity index (χ0n) is 11.4. The van der Waals surface area contributed by atoms with Crippen LogP contribution in [0.25, 0.3) is 0 Å². The van der Waals surface area contributed by atoms with Crippen LogP contribution in [0.2, 0.25) is 0 Å². The van der Waals surface area contributed by atoms with Crippen LogP contribution in [0.5, 0.6) is 11.5 Å². The molecule has 2 aromatic carbocycles. The highest BCUT2D eigenvalue weighted by molar-refractivity contribution is 9.08. The second-order valence-electron chi connectivity index (χ2n) is 4.30. The Morgan fingerprint density at radius 2 is 2.05 bits per heavy atom. The van der Waals surface area contributed by atoms with Crippen LogP contribution in [0.15, 0.2) is 36.4 Å². The molecule has 0 spiro atoms. The van der Waals surface area contributed by atoms with Gasteiger partial charge in [-0.25, -0.2) is 4.39 Å². The van der Waals surface area contributed by atoms with Crippen molar-refractivity contribution >= 4 is 15.9 Å². The lowest BCUT2D eigenvalue weighted by Gasteiger charge is -2.12. The van der Waals surface area contributed by atoms with Crippen molar-refractivity contribution in [3.8, 4) is 17.6 Å². The van der Waals surface area contributed by atoms with E-state index in [0.29, 0.717) is 22.4 Å². The van der Waals surface area contributed by atoms with Gasteiger partial charge in [0.25, 0.3) is 0 Å². The molecule has 0 atom stereocenters. The molecule has 0 aliphatic rings. The van der Waals surface area contributed by atoms with Crippen molar-refractivity contribution in [2.45, 2.75) is 11.9 Å². The van der Waals surface area contributed by atoms with E-state index in [0.717, 1.165) is 5.56 Å². The summed E-state index contributed by atoms with van der Waals surface area (Å²) in [5.74, 6) is 0.573. The van der Waals surface area contributed by atoms with Gasteiger partial charge in [-0.3, -0.25) is 0 Å². The largest absolute Gasteiger partial charge is 0.493 e. The van der Waals surface area contributed by atoms with E-state index in [1.54, 1.807) is 25.3 Å².